The molecule has 0 aliphatic carbocycles. The molecular formula is C20H19NO4S. The highest BCUT2D eigenvalue weighted by atomic mass is 32.2. The van der Waals surface area contributed by atoms with Gasteiger partial charge in [0.15, 0.2) is 4.90 Å². The molecule has 0 amide bonds. The number of carbonyl (C=O) groups is 1. The molecule has 1 unspecified atom stereocenters. The number of aromatic nitrogens is 1. The number of pyridine rings is 1. The van der Waals surface area contributed by atoms with E-state index < -0.39 is 11.2 Å². The summed E-state index contributed by atoms with van der Waals surface area (Å²) in [6.07, 6.45) is 3.55. The summed E-state index contributed by atoms with van der Waals surface area (Å²) in [5.41, 5.74) is 2.55. The van der Waals surface area contributed by atoms with Gasteiger partial charge in [-0.1, -0.05) is 12.1 Å². The smallest absolute Gasteiger partial charge is 0.309 e. The van der Waals surface area contributed by atoms with Gasteiger partial charge in [-0.2, -0.15) is 0 Å². The van der Waals surface area contributed by atoms with Crippen LogP contribution in [0.5, 0.6) is 11.5 Å². The maximum atomic E-state index is 11.8. The molecule has 0 fully saturated rings. The topological polar surface area (TPSA) is 71.5 Å². The molecule has 5 nitrogen and oxygen atoms in total. The number of esters is 1. The normalized spacial score (nSPS) is 12.0. The van der Waals surface area contributed by atoms with Gasteiger partial charge in [-0.05, 0) is 53.5 Å². The van der Waals surface area contributed by atoms with Gasteiger partial charge < -0.3 is 14.0 Å². The number of aryl methyl sites for hydroxylation is 1. The van der Waals surface area contributed by atoms with Crippen molar-refractivity contribution in [2.75, 3.05) is 13.4 Å². The lowest BCUT2D eigenvalue weighted by Crippen LogP contribution is -2.04. The highest BCUT2D eigenvalue weighted by Crippen LogP contribution is 2.32. The van der Waals surface area contributed by atoms with E-state index >= 15 is 0 Å². The Bertz CT molecular complexity index is 956. The van der Waals surface area contributed by atoms with Crippen LogP contribution in [0.1, 0.15) is 11.1 Å². The van der Waals surface area contributed by atoms with E-state index in [2.05, 4.69) is 4.98 Å². The molecule has 134 valence electrons. The summed E-state index contributed by atoms with van der Waals surface area (Å²) in [5.74, 6) is 1.05. The zero-order chi connectivity index (χ0) is 18.7. The molecule has 0 saturated heterocycles. The molecular weight excluding hydrogens is 350 g/mol. The third-order valence-corrected chi connectivity index (χ3v) is 4.96. The second kappa shape index (κ2) is 7.76. The van der Waals surface area contributed by atoms with Crippen LogP contribution in [0.25, 0.3) is 10.9 Å². The Morgan fingerprint density at radius 3 is 2.65 bits per heavy atom. The van der Waals surface area contributed by atoms with E-state index in [1.165, 1.54) is 7.11 Å². The first-order valence-corrected chi connectivity index (χ1v) is 9.60. The molecule has 3 rings (SSSR count). The number of rotatable bonds is 5. The quantitative estimate of drug-likeness (QED) is 0.505. The monoisotopic (exact) mass is 369 g/mol. The summed E-state index contributed by atoms with van der Waals surface area (Å²) >= 11 is -1.08. The van der Waals surface area contributed by atoms with Gasteiger partial charge in [0.1, 0.15) is 17.8 Å². The molecule has 0 aliphatic heterocycles. The molecule has 3 aromatic rings. The number of carbonyl (C=O) groups excluding carboxylic acids is 1. The molecule has 0 spiro atoms. The summed E-state index contributed by atoms with van der Waals surface area (Å²) in [6, 6.07) is 12.9. The number of ether oxygens (including phenoxy) is 2. The fourth-order valence-corrected chi connectivity index (χ4v) is 3.20. The average molecular weight is 369 g/mol. The molecule has 0 bridgehead atoms. The lowest BCUT2D eigenvalue weighted by atomic mass is 10.1. The van der Waals surface area contributed by atoms with E-state index in [1.54, 1.807) is 18.5 Å². The Kier molecular flexibility index (Phi) is 5.44. The van der Waals surface area contributed by atoms with E-state index in [4.69, 9.17) is 9.47 Å². The summed E-state index contributed by atoms with van der Waals surface area (Å²) in [6.45, 7) is 1.92. The minimum absolute atomic E-state index is 0.224. The van der Waals surface area contributed by atoms with E-state index in [0.717, 1.165) is 26.9 Å². The van der Waals surface area contributed by atoms with E-state index in [0.29, 0.717) is 11.5 Å². The van der Waals surface area contributed by atoms with Crippen LogP contribution in [0.15, 0.2) is 53.6 Å². The van der Waals surface area contributed by atoms with Gasteiger partial charge in [-0.25, -0.2) is 0 Å². The van der Waals surface area contributed by atoms with E-state index in [9.17, 15) is 9.35 Å². The highest BCUT2D eigenvalue weighted by Gasteiger charge is 2.12. The van der Waals surface area contributed by atoms with Crippen molar-refractivity contribution in [2.45, 2.75) is 18.2 Å². The summed E-state index contributed by atoms with van der Waals surface area (Å²) in [5, 5.41) is 0.804. The molecule has 0 saturated carbocycles. The molecule has 0 radical (unpaired) electrons. The second-order valence-corrected chi connectivity index (χ2v) is 7.28. The van der Waals surface area contributed by atoms with Crippen molar-refractivity contribution >= 4 is 28.0 Å². The molecule has 2 aromatic carbocycles. The summed E-state index contributed by atoms with van der Waals surface area (Å²) in [4.78, 5) is 16.5. The Hall–Kier alpha value is -2.57. The van der Waals surface area contributed by atoms with Crippen molar-refractivity contribution in [3.05, 3.63) is 59.8 Å². The number of benzene rings is 2. The van der Waals surface area contributed by atoms with Gasteiger partial charge in [-0.15, -0.1) is 0 Å². The fraction of sp³-hybridized carbons (Fsp3) is 0.200. The van der Waals surface area contributed by atoms with Crippen LogP contribution < -0.4 is 4.74 Å². The lowest BCUT2D eigenvalue weighted by Gasteiger charge is -2.13. The summed E-state index contributed by atoms with van der Waals surface area (Å²) < 4.78 is 22.6. The zero-order valence-electron chi connectivity index (χ0n) is 14.8. The van der Waals surface area contributed by atoms with Gasteiger partial charge in [-0.3, -0.25) is 9.78 Å². The number of methoxy groups -OCH3 is 1. The van der Waals surface area contributed by atoms with Gasteiger partial charge in [0, 0.05) is 17.6 Å². The predicted molar refractivity (Wildman–Crippen MR) is 101 cm³/mol. The van der Waals surface area contributed by atoms with Crippen LogP contribution >= 0.6 is 0 Å². The van der Waals surface area contributed by atoms with Crippen LogP contribution in [0.2, 0.25) is 0 Å². The molecule has 1 atom stereocenters. The predicted octanol–water partition coefficient (Wildman–Crippen LogP) is 3.79. The van der Waals surface area contributed by atoms with Crippen LogP contribution in [-0.4, -0.2) is 28.9 Å². The standard InChI is InChI=1S/C20H19NO4S/c1-13-10-14(11-20(22)24-2)4-7-18(13)25-19-8-9-21-17-6-5-15(26(3)23)12-16(17)19/h4-10,12H,11H2,1-3H3. The van der Waals surface area contributed by atoms with Gasteiger partial charge in [0.05, 0.1) is 19.0 Å². The molecule has 0 N–H and O–H groups in total. The highest BCUT2D eigenvalue weighted by molar-refractivity contribution is 7.90. The first-order valence-electron chi connectivity index (χ1n) is 8.04. The minimum atomic E-state index is -1.08. The van der Waals surface area contributed by atoms with Crippen LogP contribution in [-0.2, 0) is 27.1 Å². The Morgan fingerprint density at radius 2 is 1.96 bits per heavy atom. The first-order chi connectivity index (χ1) is 12.5. The maximum absolute atomic E-state index is 11.8. The number of fused-ring (bicyclic) bond motifs is 1. The number of nitrogens with zero attached hydrogens (tertiary/aromatic N) is 1. The Balaban J connectivity index is 1.93. The zero-order valence-corrected chi connectivity index (χ0v) is 15.6. The van der Waals surface area contributed by atoms with Crippen molar-refractivity contribution in [1.29, 1.82) is 0 Å². The largest absolute Gasteiger partial charge is 0.612 e. The third kappa shape index (κ3) is 3.98. The average Bonchev–Trinajstić information content (AvgIpc) is 2.63. The Morgan fingerprint density at radius 1 is 1.15 bits per heavy atom. The lowest BCUT2D eigenvalue weighted by molar-refractivity contribution is -0.139. The number of hydrogen-bond acceptors (Lipinski definition) is 5. The van der Waals surface area contributed by atoms with Crippen molar-refractivity contribution in [3.63, 3.8) is 0 Å². The van der Waals surface area contributed by atoms with Crippen LogP contribution in [0, 0.1) is 6.92 Å². The van der Waals surface area contributed by atoms with Gasteiger partial charge in [0.2, 0.25) is 0 Å². The SMILES string of the molecule is COC(=O)Cc1ccc(Oc2ccnc3ccc([S+](C)[O-])cc23)c(C)c1. The molecule has 6 heteroatoms. The van der Waals surface area contributed by atoms with Crippen LogP contribution in [0.4, 0.5) is 0 Å². The third-order valence-electron chi connectivity index (χ3n) is 4.04. The van der Waals surface area contributed by atoms with Crippen molar-refractivity contribution in [2.24, 2.45) is 0 Å². The number of hydrogen-bond donors (Lipinski definition) is 0. The fourth-order valence-electron chi connectivity index (χ4n) is 2.66. The first kappa shape index (κ1) is 18.2. The molecule has 26 heavy (non-hydrogen) atoms. The van der Waals surface area contributed by atoms with Crippen molar-refractivity contribution in [3.8, 4) is 11.5 Å². The Labute approximate surface area is 155 Å². The minimum Gasteiger partial charge on any atom is -0.612 e. The van der Waals surface area contributed by atoms with Crippen LogP contribution in [0.3, 0.4) is 0 Å². The van der Waals surface area contributed by atoms with Gasteiger partial charge in [0.25, 0.3) is 0 Å². The molecule has 1 heterocycles. The molecule has 0 aliphatic rings. The summed E-state index contributed by atoms with van der Waals surface area (Å²) in [7, 11) is 1.37. The van der Waals surface area contributed by atoms with Crippen molar-refractivity contribution in [1.82, 2.24) is 4.98 Å². The maximum Gasteiger partial charge on any atom is 0.309 e. The van der Waals surface area contributed by atoms with Crippen molar-refractivity contribution < 1.29 is 18.8 Å². The van der Waals surface area contributed by atoms with E-state index in [-0.39, 0.29) is 12.4 Å². The van der Waals surface area contributed by atoms with Gasteiger partial charge >= 0.3 is 5.97 Å². The van der Waals surface area contributed by atoms with E-state index in [1.807, 2.05) is 43.3 Å². The molecule has 1 aromatic heterocycles. The second-order valence-electron chi connectivity index (χ2n) is 5.90.